The predicted molar refractivity (Wildman–Crippen MR) is 93.3 cm³/mol. The van der Waals surface area contributed by atoms with Crippen LogP contribution in [0.1, 0.15) is 62.7 Å². The third kappa shape index (κ3) is 4.65. The van der Waals surface area contributed by atoms with E-state index in [0.29, 0.717) is 31.5 Å². The Morgan fingerprint density at radius 2 is 1.79 bits per heavy atom. The normalized spacial score (nSPS) is 16.9. The summed E-state index contributed by atoms with van der Waals surface area (Å²) >= 11 is 0. The van der Waals surface area contributed by atoms with Crippen molar-refractivity contribution in [2.45, 2.75) is 52.4 Å². The lowest BCUT2D eigenvalue weighted by molar-refractivity contribution is -0.137. The van der Waals surface area contributed by atoms with Crippen LogP contribution in [0.5, 0.6) is 0 Å². The van der Waals surface area contributed by atoms with Crippen LogP contribution < -0.4 is 0 Å². The predicted octanol–water partition coefficient (Wildman–Crippen LogP) is 4.46. The first-order valence-corrected chi connectivity index (χ1v) is 9.15. The molecule has 3 nitrogen and oxygen atoms in total. The molecule has 0 saturated carbocycles. The van der Waals surface area contributed by atoms with Crippen LogP contribution in [0.25, 0.3) is 0 Å². The van der Waals surface area contributed by atoms with Crippen LogP contribution in [0, 0.1) is 17.7 Å². The van der Waals surface area contributed by atoms with Gasteiger partial charge in [0.25, 0.3) is 0 Å². The van der Waals surface area contributed by atoms with E-state index in [1.54, 1.807) is 12.1 Å². The second kappa shape index (κ2) is 8.95. The van der Waals surface area contributed by atoms with Crippen LogP contribution in [-0.2, 0) is 4.79 Å². The van der Waals surface area contributed by atoms with Gasteiger partial charge in [0.2, 0.25) is 5.91 Å². The zero-order valence-electron chi connectivity index (χ0n) is 14.8. The van der Waals surface area contributed by atoms with E-state index >= 15 is 0 Å². The lowest BCUT2D eigenvalue weighted by Crippen LogP contribution is -2.43. The van der Waals surface area contributed by atoms with Crippen molar-refractivity contribution < 1.29 is 14.0 Å². The Morgan fingerprint density at radius 1 is 1.17 bits per heavy atom. The number of piperidine rings is 1. The summed E-state index contributed by atoms with van der Waals surface area (Å²) in [6.45, 7) is 5.52. The summed E-state index contributed by atoms with van der Waals surface area (Å²) in [5.41, 5.74) is 0.565. The van der Waals surface area contributed by atoms with Crippen LogP contribution in [0.4, 0.5) is 4.39 Å². The molecular formula is C20H28FNO2. The molecule has 0 spiro atoms. The first-order chi connectivity index (χ1) is 11.6. The van der Waals surface area contributed by atoms with Gasteiger partial charge in [0, 0.05) is 30.5 Å². The Labute approximate surface area is 144 Å². The van der Waals surface area contributed by atoms with Crippen LogP contribution in [0.3, 0.4) is 0 Å². The van der Waals surface area contributed by atoms with E-state index in [0.717, 1.165) is 25.7 Å². The fourth-order valence-corrected chi connectivity index (χ4v) is 3.42. The minimum absolute atomic E-state index is 0.0600. The largest absolute Gasteiger partial charge is 0.342 e. The highest BCUT2D eigenvalue weighted by Gasteiger charge is 2.30. The average molecular weight is 333 g/mol. The van der Waals surface area contributed by atoms with Crippen molar-refractivity contribution >= 4 is 11.7 Å². The van der Waals surface area contributed by atoms with Gasteiger partial charge in [-0.2, -0.15) is 0 Å². The quantitative estimate of drug-likeness (QED) is 0.691. The maximum Gasteiger partial charge on any atom is 0.225 e. The third-order valence-corrected chi connectivity index (χ3v) is 5.05. The molecular weight excluding hydrogens is 305 g/mol. The topological polar surface area (TPSA) is 37.4 Å². The molecule has 0 bridgehead atoms. The molecule has 1 atom stereocenters. The van der Waals surface area contributed by atoms with Crippen molar-refractivity contribution in [3.05, 3.63) is 35.6 Å². The van der Waals surface area contributed by atoms with Gasteiger partial charge in [0.05, 0.1) is 0 Å². The molecule has 1 aromatic carbocycles. The SMILES string of the molecule is CCCCC(CC)C(=O)N1CCC(C(=O)c2ccc(F)cc2)CC1. The van der Waals surface area contributed by atoms with Gasteiger partial charge in [-0.15, -0.1) is 0 Å². The molecule has 4 heteroatoms. The summed E-state index contributed by atoms with van der Waals surface area (Å²) in [6, 6.07) is 5.75. The van der Waals surface area contributed by atoms with Crippen LogP contribution in [-0.4, -0.2) is 29.7 Å². The number of carbonyl (C=O) groups is 2. The number of nitrogens with zero attached hydrogens (tertiary/aromatic N) is 1. The molecule has 1 amide bonds. The van der Waals surface area contributed by atoms with Crippen molar-refractivity contribution in [3.63, 3.8) is 0 Å². The van der Waals surface area contributed by atoms with Crippen molar-refractivity contribution in [2.24, 2.45) is 11.8 Å². The first-order valence-electron chi connectivity index (χ1n) is 9.15. The van der Waals surface area contributed by atoms with Crippen molar-refractivity contribution in [1.82, 2.24) is 4.90 Å². The lowest BCUT2D eigenvalue weighted by Gasteiger charge is -2.33. The number of carbonyl (C=O) groups excluding carboxylic acids is 2. The number of unbranched alkanes of at least 4 members (excludes halogenated alkanes) is 1. The maximum absolute atomic E-state index is 13.0. The standard InChI is InChI=1S/C20H28FNO2/c1-3-5-6-15(4-2)20(24)22-13-11-17(12-14-22)19(23)16-7-9-18(21)10-8-16/h7-10,15,17H,3-6,11-14H2,1-2H3. The number of ketones is 1. The molecule has 0 N–H and O–H groups in total. The number of likely N-dealkylation sites (tertiary alicyclic amines) is 1. The molecule has 0 radical (unpaired) electrons. The van der Waals surface area contributed by atoms with Gasteiger partial charge in [-0.05, 0) is 49.9 Å². The van der Waals surface area contributed by atoms with E-state index in [1.807, 2.05) is 4.90 Å². The van der Waals surface area contributed by atoms with E-state index in [2.05, 4.69) is 13.8 Å². The summed E-state index contributed by atoms with van der Waals surface area (Å²) in [6.07, 6.45) is 5.44. The Balaban J connectivity index is 1.89. The molecule has 1 fully saturated rings. The monoisotopic (exact) mass is 333 g/mol. The number of amides is 1. The molecule has 1 aromatic rings. The summed E-state index contributed by atoms with van der Waals surface area (Å²) in [5, 5.41) is 0. The number of hydrogen-bond donors (Lipinski definition) is 0. The summed E-state index contributed by atoms with van der Waals surface area (Å²) in [7, 11) is 0. The second-order valence-electron chi connectivity index (χ2n) is 6.72. The number of hydrogen-bond acceptors (Lipinski definition) is 2. The minimum atomic E-state index is -0.329. The minimum Gasteiger partial charge on any atom is -0.342 e. The van der Waals surface area contributed by atoms with Gasteiger partial charge >= 0.3 is 0 Å². The van der Waals surface area contributed by atoms with Crippen LogP contribution >= 0.6 is 0 Å². The fraction of sp³-hybridized carbons (Fsp3) is 0.600. The Kier molecular flexibility index (Phi) is 6.95. The summed E-state index contributed by atoms with van der Waals surface area (Å²) < 4.78 is 13.0. The van der Waals surface area contributed by atoms with E-state index in [-0.39, 0.29) is 29.3 Å². The molecule has 2 rings (SSSR count). The smallest absolute Gasteiger partial charge is 0.225 e. The molecule has 24 heavy (non-hydrogen) atoms. The highest BCUT2D eigenvalue weighted by molar-refractivity contribution is 5.98. The Morgan fingerprint density at radius 3 is 2.33 bits per heavy atom. The Hall–Kier alpha value is -1.71. The maximum atomic E-state index is 13.0. The molecule has 0 aromatic heterocycles. The molecule has 1 unspecified atom stereocenters. The molecule has 1 saturated heterocycles. The number of halogens is 1. The lowest BCUT2D eigenvalue weighted by atomic mass is 9.88. The molecule has 1 heterocycles. The van der Waals surface area contributed by atoms with Crippen molar-refractivity contribution in [1.29, 1.82) is 0 Å². The first kappa shape index (κ1) is 18.6. The molecule has 1 aliphatic rings. The van der Waals surface area contributed by atoms with Gasteiger partial charge in [-0.3, -0.25) is 9.59 Å². The Bertz CT molecular complexity index is 547. The summed E-state index contributed by atoms with van der Waals surface area (Å²) in [5.74, 6) is 0.0490. The van der Waals surface area contributed by atoms with Crippen molar-refractivity contribution in [2.75, 3.05) is 13.1 Å². The number of Topliss-reactive ketones (excluding diaryl/α,β-unsaturated/α-hetero) is 1. The number of benzene rings is 1. The van der Waals surface area contributed by atoms with Crippen molar-refractivity contribution in [3.8, 4) is 0 Å². The van der Waals surface area contributed by atoms with E-state index < -0.39 is 0 Å². The number of rotatable bonds is 7. The van der Waals surface area contributed by atoms with Gasteiger partial charge < -0.3 is 4.90 Å². The van der Waals surface area contributed by atoms with Crippen LogP contribution in [0.15, 0.2) is 24.3 Å². The molecule has 1 aliphatic heterocycles. The zero-order chi connectivity index (χ0) is 17.5. The van der Waals surface area contributed by atoms with E-state index in [4.69, 9.17) is 0 Å². The zero-order valence-corrected chi connectivity index (χ0v) is 14.8. The highest BCUT2D eigenvalue weighted by Crippen LogP contribution is 2.25. The highest BCUT2D eigenvalue weighted by atomic mass is 19.1. The van der Waals surface area contributed by atoms with E-state index in [9.17, 15) is 14.0 Å². The van der Waals surface area contributed by atoms with E-state index in [1.165, 1.54) is 12.1 Å². The van der Waals surface area contributed by atoms with Gasteiger partial charge in [-0.25, -0.2) is 4.39 Å². The van der Waals surface area contributed by atoms with Gasteiger partial charge in [0.1, 0.15) is 5.82 Å². The molecule has 0 aliphatic carbocycles. The van der Waals surface area contributed by atoms with Crippen LogP contribution in [0.2, 0.25) is 0 Å². The third-order valence-electron chi connectivity index (χ3n) is 5.05. The molecule has 132 valence electrons. The second-order valence-corrected chi connectivity index (χ2v) is 6.72. The van der Waals surface area contributed by atoms with Gasteiger partial charge in [0.15, 0.2) is 5.78 Å². The fourth-order valence-electron chi connectivity index (χ4n) is 3.42. The average Bonchev–Trinajstić information content (AvgIpc) is 2.62. The van der Waals surface area contributed by atoms with Gasteiger partial charge in [-0.1, -0.05) is 26.7 Å². The summed E-state index contributed by atoms with van der Waals surface area (Å²) in [4.78, 5) is 27.0.